The lowest BCUT2D eigenvalue weighted by Crippen LogP contribution is -2.30. The molecule has 0 saturated carbocycles. The van der Waals surface area contributed by atoms with Crippen molar-refractivity contribution in [2.24, 2.45) is 0 Å². The summed E-state index contributed by atoms with van der Waals surface area (Å²) in [7, 11) is -3.68. The molecule has 0 radical (unpaired) electrons. The normalized spacial score (nSPS) is 11.7. The molecule has 28 heavy (non-hydrogen) atoms. The number of thiazole rings is 1. The topological polar surface area (TPSA) is 97.4 Å². The summed E-state index contributed by atoms with van der Waals surface area (Å²) in [5.74, 6) is 0.317. The summed E-state index contributed by atoms with van der Waals surface area (Å²) in [4.78, 5) is 17.0. The fourth-order valence-corrected chi connectivity index (χ4v) is 4.75. The van der Waals surface area contributed by atoms with Crippen LogP contribution in [0.4, 0.5) is 5.13 Å². The first-order chi connectivity index (χ1) is 13.3. The minimum Gasteiger partial charge on any atom is -0.494 e. The third-order valence-corrected chi connectivity index (χ3v) is 6.28. The van der Waals surface area contributed by atoms with Gasteiger partial charge in [0.25, 0.3) is 5.91 Å². The molecule has 148 valence electrons. The second-order valence-electron chi connectivity index (χ2n) is 6.34. The van der Waals surface area contributed by atoms with E-state index in [9.17, 15) is 13.2 Å². The highest BCUT2D eigenvalue weighted by Crippen LogP contribution is 2.29. The lowest BCUT2D eigenvalue weighted by Gasteiger charge is -2.10. The predicted molar refractivity (Wildman–Crippen MR) is 111 cm³/mol. The molecule has 3 rings (SSSR count). The number of anilines is 1. The van der Waals surface area contributed by atoms with Crippen LogP contribution >= 0.6 is 11.3 Å². The third kappa shape index (κ3) is 4.67. The molecule has 0 unspecified atom stereocenters. The van der Waals surface area contributed by atoms with E-state index >= 15 is 0 Å². The Morgan fingerprint density at radius 2 is 2.00 bits per heavy atom. The van der Waals surface area contributed by atoms with E-state index in [4.69, 9.17) is 4.74 Å². The van der Waals surface area contributed by atoms with Crippen LogP contribution in [0, 0.1) is 0 Å². The number of amides is 1. The van der Waals surface area contributed by atoms with Crippen molar-refractivity contribution < 1.29 is 17.9 Å². The van der Waals surface area contributed by atoms with Crippen molar-refractivity contribution in [1.29, 1.82) is 0 Å². The molecule has 2 aromatic carbocycles. The van der Waals surface area contributed by atoms with Crippen LogP contribution in [0.1, 0.15) is 31.1 Å². The van der Waals surface area contributed by atoms with Gasteiger partial charge in [-0.05, 0) is 57.2 Å². The second kappa shape index (κ2) is 8.26. The Bertz CT molecular complexity index is 1110. The zero-order valence-corrected chi connectivity index (χ0v) is 17.4. The van der Waals surface area contributed by atoms with E-state index in [1.165, 1.54) is 29.5 Å². The van der Waals surface area contributed by atoms with Gasteiger partial charge in [-0.3, -0.25) is 10.1 Å². The van der Waals surface area contributed by atoms with Crippen LogP contribution < -0.4 is 14.8 Å². The first-order valence-corrected chi connectivity index (χ1v) is 11.1. The maximum atomic E-state index is 12.6. The molecule has 0 saturated heterocycles. The van der Waals surface area contributed by atoms with Gasteiger partial charge in [0, 0.05) is 11.6 Å². The minimum absolute atomic E-state index is 0.0412. The number of hydrogen-bond donors (Lipinski definition) is 2. The van der Waals surface area contributed by atoms with Crippen molar-refractivity contribution in [3.63, 3.8) is 0 Å². The molecule has 0 fully saturated rings. The van der Waals surface area contributed by atoms with Gasteiger partial charge in [0.15, 0.2) is 5.13 Å². The third-order valence-electron chi connectivity index (χ3n) is 3.69. The number of carbonyl (C=O) groups is 1. The predicted octanol–water partition coefficient (Wildman–Crippen LogP) is 3.63. The molecule has 3 aromatic rings. The first-order valence-electron chi connectivity index (χ1n) is 8.75. The Hall–Kier alpha value is -2.49. The summed E-state index contributed by atoms with van der Waals surface area (Å²) in [6.07, 6.45) is 0. The number of carbonyl (C=O) groups excluding carboxylic acids is 1. The van der Waals surface area contributed by atoms with E-state index in [1.54, 1.807) is 19.9 Å². The van der Waals surface area contributed by atoms with E-state index < -0.39 is 15.9 Å². The number of aromatic nitrogens is 1. The fraction of sp³-hybridized carbons (Fsp3) is 0.263. The standard InChI is InChI=1S/C19H21N3O4S2/c1-4-26-14-8-9-16-17(11-14)27-19(20-16)21-18(23)13-6-5-7-15(10-13)28(24,25)22-12(2)3/h5-12,22H,4H2,1-3H3,(H,20,21,23). The molecule has 0 aliphatic rings. The summed E-state index contributed by atoms with van der Waals surface area (Å²) < 4.78 is 33.5. The lowest BCUT2D eigenvalue weighted by atomic mass is 10.2. The molecule has 0 bridgehead atoms. The number of ether oxygens (including phenoxy) is 1. The molecule has 1 amide bonds. The van der Waals surface area contributed by atoms with Crippen molar-refractivity contribution in [3.05, 3.63) is 48.0 Å². The Labute approximate surface area is 167 Å². The Morgan fingerprint density at radius 1 is 1.21 bits per heavy atom. The quantitative estimate of drug-likeness (QED) is 0.609. The summed E-state index contributed by atoms with van der Waals surface area (Å²) in [6.45, 7) is 5.95. The summed E-state index contributed by atoms with van der Waals surface area (Å²) >= 11 is 1.32. The van der Waals surface area contributed by atoms with Crippen LogP contribution in [-0.4, -0.2) is 32.0 Å². The molecule has 2 N–H and O–H groups in total. The maximum Gasteiger partial charge on any atom is 0.257 e. The minimum atomic E-state index is -3.68. The number of benzene rings is 2. The molecule has 1 heterocycles. The highest BCUT2D eigenvalue weighted by Gasteiger charge is 2.18. The van der Waals surface area contributed by atoms with Gasteiger partial charge in [0.2, 0.25) is 10.0 Å². The van der Waals surface area contributed by atoms with Crippen LogP contribution in [0.5, 0.6) is 5.75 Å². The van der Waals surface area contributed by atoms with Gasteiger partial charge in [-0.2, -0.15) is 0 Å². The lowest BCUT2D eigenvalue weighted by molar-refractivity contribution is 0.102. The highest BCUT2D eigenvalue weighted by molar-refractivity contribution is 7.89. The van der Waals surface area contributed by atoms with Crippen molar-refractivity contribution in [2.75, 3.05) is 11.9 Å². The first kappa shape index (κ1) is 20.2. The van der Waals surface area contributed by atoms with Crippen LogP contribution in [-0.2, 0) is 10.0 Å². The zero-order chi connectivity index (χ0) is 20.3. The number of sulfonamides is 1. The molecular weight excluding hydrogens is 398 g/mol. The zero-order valence-electron chi connectivity index (χ0n) is 15.7. The van der Waals surface area contributed by atoms with Gasteiger partial charge in [-0.25, -0.2) is 18.1 Å². The van der Waals surface area contributed by atoms with Gasteiger partial charge in [0.05, 0.1) is 21.7 Å². The van der Waals surface area contributed by atoms with Crippen molar-refractivity contribution in [1.82, 2.24) is 9.71 Å². The smallest absolute Gasteiger partial charge is 0.257 e. The Kier molecular flexibility index (Phi) is 5.97. The number of nitrogens with zero attached hydrogens (tertiary/aromatic N) is 1. The number of rotatable bonds is 7. The van der Waals surface area contributed by atoms with Crippen LogP contribution in [0.15, 0.2) is 47.4 Å². The Morgan fingerprint density at radius 3 is 2.71 bits per heavy atom. The number of nitrogens with one attached hydrogen (secondary N) is 2. The Balaban J connectivity index is 1.81. The summed E-state index contributed by atoms with van der Waals surface area (Å²) in [5.41, 5.74) is 0.988. The van der Waals surface area contributed by atoms with Crippen LogP contribution in [0.25, 0.3) is 10.2 Å². The van der Waals surface area contributed by atoms with E-state index in [0.29, 0.717) is 11.7 Å². The van der Waals surface area contributed by atoms with E-state index in [2.05, 4.69) is 15.0 Å². The van der Waals surface area contributed by atoms with E-state index in [1.807, 2.05) is 25.1 Å². The van der Waals surface area contributed by atoms with Crippen molar-refractivity contribution in [3.8, 4) is 5.75 Å². The molecular formula is C19H21N3O4S2. The van der Waals surface area contributed by atoms with Gasteiger partial charge >= 0.3 is 0 Å². The van der Waals surface area contributed by atoms with Crippen molar-refractivity contribution >= 4 is 42.6 Å². The van der Waals surface area contributed by atoms with Crippen LogP contribution in [0.3, 0.4) is 0 Å². The van der Waals surface area contributed by atoms with Crippen LogP contribution in [0.2, 0.25) is 0 Å². The van der Waals surface area contributed by atoms with Crippen molar-refractivity contribution in [2.45, 2.75) is 31.7 Å². The average Bonchev–Trinajstić information content (AvgIpc) is 3.02. The highest BCUT2D eigenvalue weighted by atomic mass is 32.2. The molecule has 1 aromatic heterocycles. The van der Waals surface area contributed by atoms with E-state index in [-0.39, 0.29) is 16.5 Å². The molecule has 0 spiro atoms. The van der Waals surface area contributed by atoms with Gasteiger partial charge in [-0.1, -0.05) is 17.4 Å². The number of hydrogen-bond acceptors (Lipinski definition) is 6. The van der Waals surface area contributed by atoms with Gasteiger partial charge in [-0.15, -0.1) is 0 Å². The number of fused-ring (bicyclic) bond motifs is 1. The monoisotopic (exact) mass is 419 g/mol. The van der Waals surface area contributed by atoms with Gasteiger partial charge in [0.1, 0.15) is 5.75 Å². The molecule has 0 aliphatic heterocycles. The molecule has 9 heteroatoms. The van der Waals surface area contributed by atoms with E-state index in [0.717, 1.165) is 16.0 Å². The second-order valence-corrected chi connectivity index (χ2v) is 9.08. The fourth-order valence-electron chi connectivity index (χ4n) is 2.57. The van der Waals surface area contributed by atoms with Gasteiger partial charge < -0.3 is 4.74 Å². The maximum absolute atomic E-state index is 12.6. The summed E-state index contributed by atoms with van der Waals surface area (Å²) in [6, 6.07) is 11.2. The largest absolute Gasteiger partial charge is 0.494 e. The average molecular weight is 420 g/mol. The molecule has 0 aliphatic carbocycles. The molecule has 0 atom stereocenters. The summed E-state index contributed by atoms with van der Waals surface area (Å²) in [5, 5.41) is 3.16. The SMILES string of the molecule is CCOc1ccc2nc(NC(=O)c3cccc(S(=O)(=O)NC(C)C)c3)sc2c1. The molecule has 7 nitrogen and oxygen atoms in total.